The van der Waals surface area contributed by atoms with Crippen LogP contribution in [0.1, 0.15) is 30.7 Å². The minimum Gasteiger partial charge on any atom is -0.379 e. The van der Waals surface area contributed by atoms with E-state index in [1.165, 1.54) is 6.26 Å². The molecule has 19 heavy (non-hydrogen) atoms. The summed E-state index contributed by atoms with van der Waals surface area (Å²) in [6, 6.07) is 7.76. The molecule has 2 aliphatic rings. The van der Waals surface area contributed by atoms with Crippen molar-refractivity contribution in [2.24, 2.45) is 0 Å². The Morgan fingerprint density at radius 2 is 2.00 bits per heavy atom. The van der Waals surface area contributed by atoms with Gasteiger partial charge >= 0.3 is 0 Å². The molecule has 1 saturated carbocycles. The number of methoxy groups -OCH3 is 1. The van der Waals surface area contributed by atoms with Gasteiger partial charge in [-0.25, -0.2) is 8.42 Å². The van der Waals surface area contributed by atoms with Crippen LogP contribution in [0.25, 0.3) is 0 Å². The Labute approximate surface area is 114 Å². The molecule has 3 unspecified atom stereocenters. The fourth-order valence-electron chi connectivity index (χ4n) is 3.61. The van der Waals surface area contributed by atoms with Crippen LogP contribution in [-0.2, 0) is 14.8 Å². The zero-order valence-corrected chi connectivity index (χ0v) is 12.1. The number of nitrogens with zero attached hydrogens (tertiary/aromatic N) is 1. The van der Waals surface area contributed by atoms with Crippen LogP contribution in [0.4, 0.5) is 5.69 Å². The van der Waals surface area contributed by atoms with Crippen LogP contribution >= 0.6 is 0 Å². The molecular weight excluding hydrogens is 262 g/mol. The standard InChI is InChI=1S/C14H19NO3S/c1-18-13-9-5-7-11-10-6-3-4-8-12(10)15(14(11)13)19(2,16)17/h3-4,6,8,11,13-14H,5,7,9H2,1-2H3. The quantitative estimate of drug-likeness (QED) is 0.834. The fraction of sp³-hybridized carbons (Fsp3) is 0.571. The highest BCUT2D eigenvalue weighted by atomic mass is 32.2. The summed E-state index contributed by atoms with van der Waals surface area (Å²) < 4.78 is 31.5. The summed E-state index contributed by atoms with van der Waals surface area (Å²) >= 11 is 0. The third-order valence-electron chi connectivity index (χ3n) is 4.30. The van der Waals surface area contributed by atoms with Crippen molar-refractivity contribution in [1.82, 2.24) is 0 Å². The number of para-hydroxylation sites is 1. The SMILES string of the molecule is COC1CCCC2c3ccccc3N(S(C)(=O)=O)C12. The van der Waals surface area contributed by atoms with Crippen molar-refractivity contribution in [1.29, 1.82) is 0 Å². The maximum absolute atomic E-state index is 12.2. The molecule has 0 N–H and O–H groups in total. The predicted octanol–water partition coefficient (Wildman–Crippen LogP) is 2.12. The van der Waals surface area contributed by atoms with Crippen LogP contribution in [0, 0.1) is 0 Å². The highest BCUT2D eigenvalue weighted by Crippen LogP contribution is 2.49. The van der Waals surface area contributed by atoms with E-state index in [9.17, 15) is 8.42 Å². The van der Waals surface area contributed by atoms with Crippen LogP contribution in [0.5, 0.6) is 0 Å². The first-order valence-corrected chi connectivity index (χ1v) is 8.50. The topological polar surface area (TPSA) is 46.6 Å². The molecule has 4 nitrogen and oxygen atoms in total. The number of hydrogen-bond acceptors (Lipinski definition) is 3. The molecule has 1 aliphatic heterocycles. The van der Waals surface area contributed by atoms with Crippen molar-refractivity contribution >= 4 is 15.7 Å². The minimum absolute atomic E-state index is 0.0131. The van der Waals surface area contributed by atoms with Crippen molar-refractivity contribution in [3.05, 3.63) is 29.8 Å². The third-order valence-corrected chi connectivity index (χ3v) is 5.46. The van der Waals surface area contributed by atoms with Gasteiger partial charge in [0.05, 0.1) is 24.1 Å². The van der Waals surface area contributed by atoms with E-state index in [2.05, 4.69) is 6.07 Å². The highest BCUT2D eigenvalue weighted by Gasteiger charge is 2.48. The van der Waals surface area contributed by atoms with E-state index in [4.69, 9.17) is 4.74 Å². The number of rotatable bonds is 2. The van der Waals surface area contributed by atoms with Gasteiger partial charge in [0.2, 0.25) is 10.0 Å². The van der Waals surface area contributed by atoms with Crippen LogP contribution < -0.4 is 4.31 Å². The maximum Gasteiger partial charge on any atom is 0.232 e. The first kappa shape index (κ1) is 12.9. The Bertz CT molecular complexity index is 584. The third kappa shape index (κ3) is 1.96. The molecule has 5 heteroatoms. The fourth-order valence-corrected chi connectivity index (χ4v) is 4.86. The summed E-state index contributed by atoms with van der Waals surface area (Å²) in [7, 11) is -1.60. The smallest absolute Gasteiger partial charge is 0.232 e. The van der Waals surface area contributed by atoms with Gasteiger partial charge < -0.3 is 4.74 Å². The second-order valence-electron chi connectivity index (χ2n) is 5.42. The summed E-state index contributed by atoms with van der Waals surface area (Å²) in [6.45, 7) is 0. The molecule has 1 fully saturated rings. The lowest BCUT2D eigenvalue weighted by Crippen LogP contribution is -2.48. The molecule has 3 atom stereocenters. The lowest BCUT2D eigenvalue weighted by molar-refractivity contribution is 0.0511. The van der Waals surface area contributed by atoms with E-state index in [1.54, 1.807) is 11.4 Å². The van der Waals surface area contributed by atoms with Crippen molar-refractivity contribution in [3.8, 4) is 0 Å². The highest BCUT2D eigenvalue weighted by molar-refractivity contribution is 7.92. The summed E-state index contributed by atoms with van der Waals surface area (Å²) in [5.41, 5.74) is 1.99. The van der Waals surface area contributed by atoms with Crippen LogP contribution in [0.3, 0.4) is 0 Å². The number of fused-ring (bicyclic) bond motifs is 3. The van der Waals surface area contributed by atoms with Gasteiger partial charge in [-0.05, 0) is 24.5 Å². The zero-order chi connectivity index (χ0) is 13.6. The van der Waals surface area contributed by atoms with Crippen molar-refractivity contribution in [2.45, 2.75) is 37.3 Å². The first-order valence-electron chi connectivity index (χ1n) is 6.65. The normalized spacial score (nSPS) is 30.0. The Balaban J connectivity index is 2.15. The van der Waals surface area contributed by atoms with Gasteiger partial charge in [0.1, 0.15) is 0 Å². The van der Waals surface area contributed by atoms with E-state index < -0.39 is 10.0 Å². The lowest BCUT2D eigenvalue weighted by atomic mass is 9.81. The summed E-state index contributed by atoms with van der Waals surface area (Å²) in [5.74, 6) is 0.268. The maximum atomic E-state index is 12.2. The van der Waals surface area contributed by atoms with Crippen molar-refractivity contribution in [3.63, 3.8) is 0 Å². The average molecular weight is 281 g/mol. The van der Waals surface area contributed by atoms with Crippen molar-refractivity contribution < 1.29 is 13.2 Å². The molecule has 0 bridgehead atoms. The number of anilines is 1. The molecule has 104 valence electrons. The monoisotopic (exact) mass is 281 g/mol. The van der Waals surface area contributed by atoms with Gasteiger partial charge in [-0.1, -0.05) is 24.6 Å². The molecule has 1 aromatic rings. The van der Waals surface area contributed by atoms with E-state index in [-0.39, 0.29) is 18.1 Å². The Morgan fingerprint density at radius 3 is 2.68 bits per heavy atom. The second-order valence-corrected chi connectivity index (χ2v) is 7.28. The minimum atomic E-state index is -3.28. The Kier molecular flexibility index (Phi) is 3.06. The number of benzene rings is 1. The predicted molar refractivity (Wildman–Crippen MR) is 74.9 cm³/mol. The van der Waals surface area contributed by atoms with E-state index in [1.807, 2.05) is 18.2 Å². The molecule has 0 radical (unpaired) electrons. The summed E-state index contributed by atoms with van der Waals surface area (Å²) in [4.78, 5) is 0. The number of sulfonamides is 1. The van der Waals surface area contributed by atoms with Crippen LogP contribution in [0.2, 0.25) is 0 Å². The molecule has 1 aromatic carbocycles. The summed E-state index contributed by atoms with van der Waals surface area (Å²) in [6.07, 6.45) is 4.32. The Hall–Kier alpha value is -1.07. The van der Waals surface area contributed by atoms with Gasteiger partial charge in [-0.2, -0.15) is 0 Å². The Morgan fingerprint density at radius 1 is 1.26 bits per heavy atom. The molecular formula is C14H19NO3S. The lowest BCUT2D eigenvalue weighted by Gasteiger charge is -2.37. The van der Waals surface area contributed by atoms with E-state index in [0.717, 1.165) is 30.5 Å². The molecule has 0 aromatic heterocycles. The first-order chi connectivity index (χ1) is 9.04. The van der Waals surface area contributed by atoms with E-state index in [0.29, 0.717) is 0 Å². The molecule has 0 amide bonds. The molecule has 1 heterocycles. The second kappa shape index (κ2) is 4.49. The van der Waals surface area contributed by atoms with Gasteiger partial charge in [0.15, 0.2) is 0 Å². The number of hydrogen-bond donors (Lipinski definition) is 0. The van der Waals surface area contributed by atoms with E-state index >= 15 is 0 Å². The van der Waals surface area contributed by atoms with Gasteiger partial charge in [-0.3, -0.25) is 4.31 Å². The molecule has 0 spiro atoms. The molecule has 3 rings (SSSR count). The number of ether oxygens (including phenoxy) is 1. The summed E-state index contributed by atoms with van der Waals surface area (Å²) in [5, 5.41) is 0. The molecule has 0 saturated heterocycles. The van der Waals surface area contributed by atoms with Gasteiger partial charge in [-0.15, -0.1) is 0 Å². The van der Waals surface area contributed by atoms with Crippen molar-refractivity contribution in [2.75, 3.05) is 17.7 Å². The van der Waals surface area contributed by atoms with Gasteiger partial charge in [0.25, 0.3) is 0 Å². The molecule has 1 aliphatic carbocycles. The largest absolute Gasteiger partial charge is 0.379 e. The van der Waals surface area contributed by atoms with Crippen LogP contribution in [0.15, 0.2) is 24.3 Å². The van der Waals surface area contributed by atoms with Gasteiger partial charge in [0, 0.05) is 13.0 Å². The average Bonchev–Trinajstić information content (AvgIpc) is 2.72. The zero-order valence-electron chi connectivity index (χ0n) is 11.2. The van der Waals surface area contributed by atoms with Crippen LogP contribution in [-0.4, -0.2) is 33.9 Å².